The van der Waals surface area contributed by atoms with E-state index in [-0.39, 0.29) is 11.3 Å². The first-order chi connectivity index (χ1) is 7.15. The predicted molar refractivity (Wildman–Crippen MR) is 61.2 cm³/mol. The van der Waals surface area contributed by atoms with Gasteiger partial charge in [-0.25, -0.2) is 0 Å². The SMILES string of the molecule is CC(C(N)=O)(C1CCCC1)C1CCCC1. The molecule has 0 aliphatic heterocycles. The van der Waals surface area contributed by atoms with Crippen LogP contribution in [0.25, 0.3) is 0 Å². The van der Waals surface area contributed by atoms with E-state index in [0.717, 1.165) is 0 Å². The Morgan fingerprint density at radius 2 is 1.33 bits per heavy atom. The third-order valence-electron chi connectivity index (χ3n) is 4.94. The highest BCUT2D eigenvalue weighted by molar-refractivity contribution is 5.81. The maximum atomic E-state index is 11.8. The van der Waals surface area contributed by atoms with Crippen molar-refractivity contribution in [3.63, 3.8) is 0 Å². The lowest BCUT2D eigenvalue weighted by atomic mass is 9.66. The largest absolute Gasteiger partial charge is 0.369 e. The van der Waals surface area contributed by atoms with Gasteiger partial charge >= 0.3 is 0 Å². The van der Waals surface area contributed by atoms with Gasteiger partial charge in [-0.05, 0) is 37.5 Å². The summed E-state index contributed by atoms with van der Waals surface area (Å²) >= 11 is 0. The molecule has 15 heavy (non-hydrogen) atoms. The number of primary amides is 1. The smallest absolute Gasteiger partial charge is 0.223 e. The van der Waals surface area contributed by atoms with E-state index in [0.29, 0.717) is 11.8 Å². The first-order valence-corrected chi connectivity index (χ1v) is 6.45. The molecule has 0 saturated heterocycles. The van der Waals surface area contributed by atoms with E-state index in [2.05, 4.69) is 6.92 Å². The molecule has 2 rings (SSSR count). The molecule has 2 saturated carbocycles. The van der Waals surface area contributed by atoms with E-state index in [1.54, 1.807) is 0 Å². The highest BCUT2D eigenvalue weighted by atomic mass is 16.1. The summed E-state index contributed by atoms with van der Waals surface area (Å²) in [6.45, 7) is 2.14. The van der Waals surface area contributed by atoms with Gasteiger partial charge in [-0.2, -0.15) is 0 Å². The first kappa shape index (κ1) is 11.0. The second kappa shape index (κ2) is 4.15. The molecule has 0 bridgehead atoms. The maximum absolute atomic E-state index is 11.8. The second-order valence-corrected chi connectivity index (χ2v) is 5.61. The lowest BCUT2D eigenvalue weighted by molar-refractivity contribution is -0.133. The van der Waals surface area contributed by atoms with Crippen molar-refractivity contribution in [2.45, 2.75) is 58.3 Å². The number of nitrogens with two attached hydrogens (primary N) is 1. The number of hydrogen-bond acceptors (Lipinski definition) is 1. The molecule has 2 aliphatic carbocycles. The molecule has 0 atom stereocenters. The van der Waals surface area contributed by atoms with Crippen LogP contribution in [-0.2, 0) is 4.79 Å². The highest BCUT2D eigenvalue weighted by Crippen LogP contribution is 2.49. The van der Waals surface area contributed by atoms with Crippen LogP contribution in [0.3, 0.4) is 0 Å². The van der Waals surface area contributed by atoms with Crippen LogP contribution in [0.4, 0.5) is 0 Å². The van der Waals surface area contributed by atoms with Crippen molar-refractivity contribution < 1.29 is 4.79 Å². The van der Waals surface area contributed by atoms with Crippen molar-refractivity contribution >= 4 is 5.91 Å². The topological polar surface area (TPSA) is 43.1 Å². The van der Waals surface area contributed by atoms with E-state index in [4.69, 9.17) is 5.73 Å². The summed E-state index contributed by atoms with van der Waals surface area (Å²) in [5.41, 5.74) is 5.49. The Balaban J connectivity index is 2.17. The molecule has 0 heterocycles. The lowest BCUT2D eigenvalue weighted by Gasteiger charge is -2.38. The van der Waals surface area contributed by atoms with Crippen LogP contribution in [0.5, 0.6) is 0 Å². The van der Waals surface area contributed by atoms with E-state index in [1.807, 2.05) is 0 Å². The van der Waals surface area contributed by atoms with Gasteiger partial charge in [0.2, 0.25) is 5.91 Å². The average Bonchev–Trinajstić information content (AvgIpc) is 2.89. The Morgan fingerprint density at radius 3 is 1.60 bits per heavy atom. The molecular formula is C13H23NO. The number of hydrogen-bond donors (Lipinski definition) is 1. The Hall–Kier alpha value is -0.530. The minimum absolute atomic E-state index is 0.0405. The Morgan fingerprint density at radius 1 is 1.00 bits per heavy atom. The molecule has 0 radical (unpaired) electrons. The van der Waals surface area contributed by atoms with Gasteiger partial charge in [0.1, 0.15) is 0 Å². The number of carbonyl (C=O) groups excluding carboxylic acids is 1. The average molecular weight is 209 g/mol. The van der Waals surface area contributed by atoms with Crippen molar-refractivity contribution in [2.24, 2.45) is 23.0 Å². The van der Waals surface area contributed by atoms with E-state index in [9.17, 15) is 4.79 Å². The van der Waals surface area contributed by atoms with Gasteiger partial charge in [0.05, 0.1) is 5.41 Å². The second-order valence-electron chi connectivity index (χ2n) is 5.61. The fourth-order valence-corrected chi connectivity index (χ4v) is 3.79. The molecular weight excluding hydrogens is 186 g/mol. The van der Waals surface area contributed by atoms with Crippen molar-refractivity contribution in [1.82, 2.24) is 0 Å². The zero-order valence-corrected chi connectivity index (χ0v) is 9.80. The maximum Gasteiger partial charge on any atom is 0.223 e. The van der Waals surface area contributed by atoms with E-state index in [1.165, 1.54) is 51.4 Å². The summed E-state index contributed by atoms with van der Waals surface area (Å²) in [5.74, 6) is 1.09. The summed E-state index contributed by atoms with van der Waals surface area (Å²) in [6.07, 6.45) is 10.0. The minimum atomic E-state index is -0.201. The zero-order valence-electron chi connectivity index (χ0n) is 9.80. The molecule has 2 fully saturated rings. The molecule has 2 N–H and O–H groups in total. The number of carbonyl (C=O) groups is 1. The molecule has 0 unspecified atom stereocenters. The highest BCUT2D eigenvalue weighted by Gasteiger charge is 2.47. The quantitative estimate of drug-likeness (QED) is 0.763. The van der Waals surface area contributed by atoms with Crippen molar-refractivity contribution in [3.05, 3.63) is 0 Å². The van der Waals surface area contributed by atoms with Gasteiger partial charge in [-0.1, -0.05) is 32.6 Å². The van der Waals surface area contributed by atoms with Crippen LogP contribution in [0, 0.1) is 17.3 Å². The summed E-state index contributed by atoms with van der Waals surface area (Å²) in [7, 11) is 0. The number of rotatable bonds is 3. The van der Waals surface area contributed by atoms with Crippen LogP contribution in [0.2, 0.25) is 0 Å². The molecule has 2 nitrogen and oxygen atoms in total. The molecule has 2 heteroatoms. The molecule has 2 aliphatic rings. The van der Waals surface area contributed by atoms with Gasteiger partial charge in [-0.15, -0.1) is 0 Å². The summed E-state index contributed by atoms with van der Waals surface area (Å²) in [6, 6.07) is 0. The van der Waals surface area contributed by atoms with Crippen LogP contribution in [0.15, 0.2) is 0 Å². The Kier molecular flexibility index (Phi) is 3.03. The third-order valence-corrected chi connectivity index (χ3v) is 4.94. The molecule has 0 aromatic carbocycles. The van der Waals surface area contributed by atoms with Crippen molar-refractivity contribution in [1.29, 1.82) is 0 Å². The predicted octanol–water partition coefficient (Wildman–Crippen LogP) is 2.86. The third kappa shape index (κ3) is 1.79. The van der Waals surface area contributed by atoms with Gasteiger partial charge in [0, 0.05) is 0 Å². The molecule has 0 aromatic heterocycles. The van der Waals surface area contributed by atoms with Crippen LogP contribution < -0.4 is 5.73 Å². The molecule has 86 valence electrons. The fourth-order valence-electron chi connectivity index (χ4n) is 3.79. The summed E-state index contributed by atoms with van der Waals surface area (Å²) < 4.78 is 0. The van der Waals surface area contributed by atoms with E-state index >= 15 is 0 Å². The normalized spacial score (nSPS) is 24.9. The zero-order chi connectivity index (χ0) is 10.9. The fraction of sp³-hybridized carbons (Fsp3) is 0.923. The standard InChI is InChI=1S/C13H23NO/c1-13(12(14)15,10-6-2-3-7-10)11-8-4-5-9-11/h10-11H,2-9H2,1H3,(H2,14,15). The number of amides is 1. The Labute approximate surface area is 92.6 Å². The first-order valence-electron chi connectivity index (χ1n) is 6.45. The lowest BCUT2D eigenvalue weighted by Crippen LogP contribution is -2.45. The van der Waals surface area contributed by atoms with Gasteiger partial charge in [0.25, 0.3) is 0 Å². The minimum Gasteiger partial charge on any atom is -0.369 e. The van der Waals surface area contributed by atoms with Crippen LogP contribution in [-0.4, -0.2) is 5.91 Å². The summed E-state index contributed by atoms with van der Waals surface area (Å²) in [4.78, 5) is 11.8. The molecule has 1 amide bonds. The Bertz CT molecular complexity index is 221. The molecule has 0 aromatic rings. The van der Waals surface area contributed by atoms with Crippen LogP contribution in [0.1, 0.15) is 58.3 Å². The van der Waals surface area contributed by atoms with Crippen molar-refractivity contribution in [2.75, 3.05) is 0 Å². The van der Waals surface area contributed by atoms with E-state index < -0.39 is 0 Å². The van der Waals surface area contributed by atoms with Gasteiger partial charge in [-0.3, -0.25) is 4.79 Å². The molecule has 0 spiro atoms. The van der Waals surface area contributed by atoms with Crippen molar-refractivity contribution in [3.8, 4) is 0 Å². The van der Waals surface area contributed by atoms with Gasteiger partial charge < -0.3 is 5.73 Å². The van der Waals surface area contributed by atoms with Crippen LogP contribution >= 0.6 is 0 Å². The summed E-state index contributed by atoms with van der Waals surface area (Å²) in [5, 5.41) is 0. The monoisotopic (exact) mass is 209 g/mol. The van der Waals surface area contributed by atoms with Gasteiger partial charge in [0.15, 0.2) is 0 Å².